The zero-order valence-corrected chi connectivity index (χ0v) is 19.7. The molecule has 0 aliphatic carbocycles. The van der Waals surface area contributed by atoms with Crippen LogP contribution < -0.4 is 24.4 Å². The first-order chi connectivity index (χ1) is 16.4. The Morgan fingerprint density at radius 1 is 0.941 bits per heavy atom. The minimum Gasteiger partial charge on any atom is -0.486 e. The zero-order chi connectivity index (χ0) is 24.0. The van der Waals surface area contributed by atoms with E-state index in [1.54, 1.807) is 24.3 Å². The van der Waals surface area contributed by atoms with Crippen molar-refractivity contribution in [2.24, 2.45) is 0 Å². The number of para-hydroxylation sites is 1. The van der Waals surface area contributed by atoms with Crippen LogP contribution >= 0.6 is 0 Å². The third kappa shape index (κ3) is 5.79. The van der Waals surface area contributed by atoms with Crippen LogP contribution in [0, 0.1) is 0 Å². The van der Waals surface area contributed by atoms with Crippen LogP contribution in [0.1, 0.15) is 16.8 Å². The first kappa shape index (κ1) is 23.4. The molecule has 8 nitrogen and oxygen atoms in total. The Hall–Kier alpha value is -3.72. The number of benzene rings is 3. The van der Waals surface area contributed by atoms with Crippen molar-refractivity contribution in [2.75, 3.05) is 43.0 Å². The summed E-state index contributed by atoms with van der Waals surface area (Å²) in [4.78, 5) is 14.7. The van der Waals surface area contributed by atoms with Crippen LogP contribution in [0.3, 0.4) is 0 Å². The fraction of sp³-hybridized carbons (Fsp3) is 0.240. The number of hydrogen-bond acceptors (Lipinski definition) is 6. The van der Waals surface area contributed by atoms with E-state index >= 15 is 0 Å². The van der Waals surface area contributed by atoms with Crippen molar-refractivity contribution in [3.8, 4) is 11.5 Å². The van der Waals surface area contributed by atoms with Gasteiger partial charge in [0.15, 0.2) is 11.5 Å². The average Bonchev–Trinajstić information content (AvgIpc) is 2.86. The number of amides is 1. The van der Waals surface area contributed by atoms with Crippen molar-refractivity contribution in [1.82, 2.24) is 5.32 Å². The summed E-state index contributed by atoms with van der Waals surface area (Å²) in [5, 5.41) is 2.89. The summed E-state index contributed by atoms with van der Waals surface area (Å²) in [5.74, 6) is 0.640. The quantitative estimate of drug-likeness (QED) is 0.454. The number of carbonyl (C=O) groups excluding carboxylic acids is 1. The molecule has 1 amide bonds. The maximum atomic E-state index is 12.8. The van der Waals surface area contributed by atoms with Crippen LogP contribution in [-0.2, 0) is 10.0 Å². The summed E-state index contributed by atoms with van der Waals surface area (Å²) >= 11 is 0. The number of ether oxygens (including phenoxy) is 2. The maximum Gasteiger partial charge on any atom is 0.262 e. The molecular weight excluding hydrogens is 454 g/mol. The summed E-state index contributed by atoms with van der Waals surface area (Å²) < 4.78 is 39.1. The number of carbonyl (C=O) groups is 1. The van der Waals surface area contributed by atoms with Gasteiger partial charge in [0.1, 0.15) is 13.2 Å². The highest BCUT2D eigenvalue weighted by atomic mass is 32.2. The second-order valence-electron chi connectivity index (χ2n) is 7.86. The van der Waals surface area contributed by atoms with Gasteiger partial charge in [-0.3, -0.25) is 9.52 Å². The molecule has 0 atom stereocenters. The summed E-state index contributed by atoms with van der Waals surface area (Å²) in [6.07, 6.45) is 0.771. The first-order valence-electron chi connectivity index (χ1n) is 11.0. The molecule has 0 unspecified atom stereocenters. The number of rotatable bonds is 9. The SMILES string of the molecule is CN(CCCNC(=O)c1cccc(NS(=O)(=O)c2ccc3c(c2)OCCO3)c1)c1ccccc1. The van der Waals surface area contributed by atoms with E-state index in [9.17, 15) is 13.2 Å². The van der Waals surface area contributed by atoms with Crippen LogP contribution in [0.5, 0.6) is 11.5 Å². The van der Waals surface area contributed by atoms with Gasteiger partial charge in [-0.1, -0.05) is 24.3 Å². The molecule has 3 aromatic carbocycles. The largest absolute Gasteiger partial charge is 0.486 e. The van der Waals surface area contributed by atoms with E-state index in [0.29, 0.717) is 42.5 Å². The molecule has 2 N–H and O–H groups in total. The van der Waals surface area contributed by atoms with E-state index in [0.717, 1.165) is 18.7 Å². The minimum atomic E-state index is -3.87. The van der Waals surface area contributed by atoms with Crippen molar-refractivity contribution in [3.05, 3.63) is 78.4 Å². The fourth-order valence-corrected chi connectivity index (χ4v) is 4.63. The standard InChI is InChI=1S/C25H27N3O5S/c1-28(21-9-3-2-4-10-21)14-6-13-26-25(29)19-7-5-8-20(17-19)27-34(30,31)22-11-12-23-24(18-22)33-16-15-32-23/h2-5,7-12,17-18,27H,6,13-16H2,1H3,(H,26,29). The topological polar surface area (TPSA) is 97.0 Å². The molecule has 0 fully saturated rings. The van der Waals surface area contributed by atoms with Crippen molar-refractivity contribution < 1.29 is 22.7 Å². The van der Waals surface area contributed by atoms with Gasteiger partial charge in [-0.15, -0.1) is 0 Å². The lowest BCUT2D eigenvalue weighted by molar-refractivity contribution is 0.0953. The van der Waals surface area contributed by atoms with E-state index in [1.165, 1.54) is 18.2 Å². The molecule has 0 saturated heterocycles. The van der Waals surface area contributed by atoms with E-state index in [1.807, 2.05) is 37.4 Å². The number of anilines is 2. The lowest BCUT2D eigenvalue weighted by atomic mass is 10.2. The van der Waals surface area contributed by atoms with Crippen LogP contribution in [-0.4, -0.2) is 47.7 Å². The molecule has 1 aliphatic rings. The van der Waals surface area contributed by atoms with Crippen LogP contribution in [0.4, 0.5) is 11.4 Å². The van der Waals surface area contributed by atoms with Gasteiger partial charge in [0.2, 0.25) is 0 Å². The molecule has 0 saturated carbocycles. The highest BCUT2D eigenvalue weighted by Gasteiger charge is 2.20. The molecule has 1 heterocycles. The second-order valence-corrected chi connectivity index (χ2v) is 9.54. The normalized spacial score (nSPS) is 12.6. The maximum absolute atomic E-state index is 12.8. The van der Waals surface area contributed by atoms with Gasteiger partial charge in [0.25, 0.3) is 15.9 Å². The van der Waals surface area contributed by atoms with Crippen LogP contribution in [0.25, 0.3) is 0 Å². The van der Waals surface area contributed by atoms with Gasteiger partial charge in [-0.2, -0.15) is 0 Å². The summed E-state index contributed by atoms with van der Waals surface area (Å²) in [7, 11) is -1.86. The van der Waals surface area contributed by atoms with Gasteiger partial charge in [-0.25, -0.2) is 8.42 Å². The highest BCUT2D eigenvalue weighted by Crippen LogP contribution is 2.32. The molecule has 0 aromatic heterocycles. The minimum absolute atomic E-state index is 0.0501. The van der Waals surface area contributed by atoms with Gasteiger partial charge in [-0.05, 0) is 48.9 Å². The molecule has 0 bridgehead atoms. The predicted molar refractivity (Wildman–Crippen MR) is 131 cm³/mol. The molecule has 4 rings (SSSR count). The second kappa shape index (κ2) is 10.5. The number of nitrogens with zero attached hydrogens (tertiary/aromatic N) is 1. The Balaban J connectivity index is 1.33. The monoisotopic (exact) mass is 481 g/mol. The Morgan fingerprint density at radius 3 is 2.50 bits per heavy atom. The fourth-order valence-electron chi connectivity index (χ4n) is 3.56. The van der Waals surface area contributed by atoms with Crippen LogP contribution in [0.15, 0.2) is 77.7 Å². The molecule has 0 radical (unpaired) electrons. The van der Waals surface area contributed by atoms with E-state index in [-0.39, 0.29) is 10.8 Å². The average molecular weight is 482 g/mol. The Labute approximate surface area is 199 Å². The smallest absolute Gasteiger partial charge is 0.262 e. The van der Waals surface area contributed by atoms with Gasteiger partial charge in [0.05, 0.1) is 4.90 Å². The van der Waals surface area contributed by atoms with Crippen molar-refractivity contribution in [2.45, 2.75) is 11.3 Å². The Kier molecular flexibility index (Phi) is 7.22. The molecule has 178 valence electrons. The summed E-state index contributed by atoms with van der Waals surface area (Å²) in [6, 6.07) is 20.9. The van der Waals surface area contributed by atoms with E-state index in [4.69, 9.17) is 9.47 Å². The van der Waals surface area contributed by atoms with Gasteiger partial charge < -0.3 is 19.7 Å². The Morgan fingerprint density at radius 2 is 1.71 bits per heavy atom. The third-order valence-corrected chi connectivity index (χ3v) is 6.73. The molecule has 3 aromatic rings. The van der Waals surface area contributed by atoms with Crippen molar-refractivity contribution >= 4 is 27.3 Å². The summed E-state index contributed by atoms with van der Waals surface area (Å²) in [6.45, 7) is 2.09. The highest BCUT2D eigenvalue weighted by molar-refractivity contribution is 7.92. The van der Waals surface area contributed by atoms with E-state index in [2.05, 4.69) is 14.9 Å². The van der Waals surface area contributed by atoms with Crippen molar-refractivity contribution in [3.63, 3.8) is 0 Å². The number of fused-ring (bicyclic) bond motifs is 1. The third-order valence-electron chi connectivity index (χ3n) is 5.35. The molecule has 34 heavy (non-hydrogen) atoms. The molecule has 1 aliphatic heterocycles. The lowest BCUT2D eigenvalue weighted by Crippen LogP contribution is -2.28. The molecule has 9 heteroatoms. The number of hydrogen-bond donors (Lipinski definition) is 2. The zero-order valence-electron chi connectivity index (χ0n) is 18.9. The van der Waals surface area contributed by atoms with Gasteiger partial charge in [0, 0.05) is 43.1 Å². The molecular formula is C25H27N3O5S. The summed E-state index contributed by atoms with van der Waals surface area (Å²) in [5.41, 5.74) is 1.79. The van der Waals surface area contributed by atoms with Crippen molar-refractivity contribution in [1.29, 1.82) is 0 Å². The number of sulfonamides is 1. The van der Waals surface area contributed by atoms with Crippen LogP contribution in [0.2, 0.25) is 0 Å². The first-order valence-corrected chi connectivity index (χ1v) is 12.5. The lowest BCUT2D eigenvalue weighted by Gasteiger charge is -2.19. The predicted octanol–water partition coefficient (Wildman–Crippen LogP) is 3.51. The number of nitrogens with one attached hydrogen (secondary N) is 2. The van der Waals surface area contributed by atoms with Gasteiger partial charge >= 0.3 is 0 Å². The van der Waals surface area contributed by atoms with E-state index < -0.39 is 10.0 Å². The Bertz CT molecular complexity index is 1250. The molecule has 0 spiro atoms.